The van der Waals surface area contributed by atoms with Crippen LogP contribution in [0.5, 0.6) is 0 Å². The SMILES string of the molecule is CCCCCC/C=C\C/C=C\CCCCCCCCCC(=O)NC(COC1OC(CO)C(OC2OC(CO)C(OC3OC(CO)C(O)C(O)C3O)C(O)C2O)C(O)C1O)C(O)/C=C/CCCCCCCCCCCCCCCCCCCCCCC. The topological polar surface area (TPSA) is 307 Å². The molecule has 0 aromatic carbocycles. The molecule has 3 fully saturated rings. The second-order valence-corrected chi connectivity index (χ2v) is 24.6. The van der Waals surface area contributed by atoms with Crippen LogP contribution in [-0.2, 0) is 33.2 Å². The predicted molar refractivity (Wildman–Crippen MR) is 333 cm³/mol. The molecule has 0 spiro atoms. The van der Waals surface area contributed by atoms with Crippen molar-refractivity contribution in [2.24, 2.45) is 0 Å². The fourth-order valence-corrected chi connectivity index (χ4v) is 11.6. The average Bonchev–Trinajstić information content (AvgIpc) is 2.53. The molecule has 504 valence electrons. The summed E-state index contributed by atoms with van der Waals surface area (Å²) < 4.78 is 34.3. The minimum atomic E-state index is -1.98. The van der Waals surface area contributed by atoms with Crippen molar-refractivity contribution >= 4 is 5.91 Å². The quantitative estimate of drug-likeness (QED) is 0.0201. The summed E-state index contributed by atoms with van der Waals surface area (Å²) in [6.07, 6.45) is 29.7. The molecule has 86 heavy (non-hydrogen) atoms. The molecule has 19 heteroatoms. The van der Waals surface area contributed by atoms with E-state index < -0.39 is 124 Å². The third kappa shape index (κ3) is 31.8. The van der Waals surface area contributed by atoms with Gasteiger partial charge in [0.15, 0.2) is 18.9 Å². The second-order valence-electron chi connectivity index (χ2n) is 24.6. The van der Waals surface area contributed by atoms with Crippen LogP contribution in [0.15, 0.2) is 36.5 Å². The van der Waals surface area contributed by atoms with Crippen molar-refractivity contribution in [2.75, 3.05) is 26.4 Å². The van der Waals surface area contributed by atoms with Crippen molar-refractivity contribution in [1.29, 1.82) is 0 Å². The molecule has 17 atom stereocenters. The number of hydrogen-bond acceptors (Lipinski definition) is 18. The van der Waals surface area contributed by atoms with Crippen molar-refractivity contribution in [1.82, 2.24) is 5.32 Å². The third-order valence-electron chi connectivity index (χ3n) is 17.2. The maximum Gasteiger partial charge on any atom is 0.220 e. The van der Waals surface area contributed by atoms with Gasteiger partial charge in [0.1, 0.15) is 73.2 Å². The standard InChI is InChI=1S/C67H123NO18/c1-3-5-7-9-11-13-15-17-19-21-23-24-25-26-27-28-30-32-34-36-38-40-42-44-51(72)50(68-55(73)45-43-41-39-37-35-33-31-29-22-20-18-16-14-12-10-8-6-4-2)49-81-65-61(79)58(76)63(53(47-70)83-65)86-67-62(80)59(77)64(54(48-71)84-67)85-66-60(78)57(75)56(74)52(46-69)82-66/h14,16,20,22,42,44,50-54,56-67,69-72,74-80H,3-13,15,17-19,21,23-41,43,45-49H2,1-2H3,(H,68,73)/b16-14-,22-20-,44-42+. The highest BCUT2D eigenvalue weighted by Crippen LogP contribution is 2.33. The highest BCUT2D eigenvalue weighted by molar-refractivity contribution is 5.76. The van der Waals surface area contributed by atoms with Crippen LogP contribution in [0.1, 0.15) is 251 Å². The van der Waals surface area contributed by atoms with E-state index in [1.54, 1.807) is 6.08 Å². The van der Waals surface area contributed by atoms with Crippen molar-refractivity contribution in [2.45, 2.75) is 356 Å². The molecular weight excluding hydrogens is 1110 g/mol. The summed E-state index contributed by atoms with van der Waals surface area (Å²) in [5.41, 5.74) is 0. The minimum Gasteiger partial charge on any atom is -0.394 e. The molecule has 3 aliphatic heterocycles. The van der Waals surface area contributed by atoms with Gasteiger partial charge in [-0.25, -0.2) is 0 Å². The number of unbranched alkanes of at least 4 members (excludes halogenated alkanes) is 32. The van der Waals surface area contributed by atoms with Gasteiger partial charge >= 0.3 is 0 Å². The largest absolute Gasteiger partial charge is 0.394 e. The number of rotatable bonds is 52. The number of aliphatic hydroxyl groups excluding tert-OH is 11. The lowest BCUT2D eigenvalue weighted by atomic mass is 9.96. The zero-order chi connectivity index (χ0) is 62.6. The Kier molecular flexibility index (Phi) is 45.2. The van der Waals surface area contributed by atoms with Crippen LogP contribution in [0.3, 0.4) is 0 Å². The molecule has 12 N–H and O–H groups in total. The van der Waals surface area contributed by atoms with Gasteiger partial charge in [-0.1, -0.05) is 230 Å². The van der Waals surface area contributed by atoms with Crippen molar-refractivity contribution in [3.05, 3.63) is 36.5 Å². The van der Waals surface area contributed by atoms with E-state index in [1.807, 2.05) is 6.08 Å². The molecular formula is C67H123NO18. The number of amides is 1. The lowest BCUT2D eigenvalue weighted by Crippen LogP contribution is -2.66. The average molecular weight is 1230 g/mol. The fraction of sp³-hybridized carbons (Fsp3) is 0.896. The van der Waals surface area contributed by atoms with Gasteiger partial charge in [0.25, 0.3) is 0 Å². The van der Waals surface area contributed by atoms with Crippen LogP contribution < -0.4 is 5.32 Å². The summed E-state index contributed by atoms with van der Waals surface area (Å²) in [5.74, 6) is -0.282. The monoisotopic (exact) mass is 1230 g/mol. The van der Waals surface area contributed by atoms with Gasteiger partial charge in [-0.15, -0.1) is 0 Å². The molecule has 0 radical (unpaired) electrons. The van der Waals surface area contributed by atoms with E-state index in [9.17, 15) is 61.0 Å². The van der Waals surface area contributed by atoms with E-state index in [4.69, 9.17) is 28.4 Å². The summed E-state index contributed by atoms with van der Waals surface area (Å²) in [7, 11) is 0. The van der Waals surface area contributed by atoms with Gasteiger partial charge in [-0.05, 0) is 51.4 Å². The smallest absolute Gasteiger partial charge is 0.220 e. The maximum absolute atomic E-state index is 13.4. The summed E-state index contributed by atoms with van der Waals surface area (Å²) in [5, 5.41) is 120. The van der Waals surface area contributed by atoms with Gasteiger partial charge in [0.05, 0.1) is 38.6 Å². The molecule has 0 saturated carbocycles. The molecule has 3 rings (SSSR count). The predicted octanol–water partition coefficient (Wildman–Crippen LogP) is 8.44. The number of allylic oxidation sites excluding steroid dienone is 5. The van der Waals surface area contributed by atoms with E-state index >= 15 is 0 Å². The fourth-order valence-electron chi connectivity index (χ4n) is 11.6. The summed E-state index contributed by atoms with van der Waals surface area (Å²) >= 11 is 0. The zero-order valence-electron chi connectivity index (χ0n) is 53.0. The Balaban J connectivity index is 1.46. The molecule has 19 nitrogen and oxygen atoms in total. The van der Waals surface area contributed by atoms with Crippen LogP contribution >= 0.6 is 0 Å². The van der Waals surface area contributed by atoms with E-state index in [1.165, 1.54) is 141 Å². The van der Waals surface area contributed by atoms with Crippen LogP contribution in [0.4, 0.5) is 0 Å². The molecule has 3 heterocycles. The summed E-state index contributed by atoms with van der Waals surface area (Å²) in [6.45, 7) is 1.73. The van der Waals surface area contributed by atoms with E-state index in [2.05, 4.69) is 43.5 Å². The number of hydrogen-bond donors (Lipinski definition) is 12. The van der Waals surface area contributed by atoms with Crippen LogP contribution in [0.2, 0.25) is 0 Å². The summed E-state index contributed by atoms with van der Waals surface area (Å²) in [6, 6.07) is -0.977. The Morgan fingerprint density at radius 1 is 0.419 bits per heavy atom. The molecule has 3 saturated heterocycles. The lowest BCUT2D eigenvalue weighted by Gasteiger charge is -2.48. The Morgan fingerprint density at radius 3 is 1.20 bits per heavy atom. The van der Waals surface area contributed by atoms with Gasteiger partial charge in [0, 0.05) is 6.42 Å². The number of aliphatic hydroxyl groups is 11. The van der Waals surface area contributed by atoms with Crippen LogP contribution in [0, 0.1) is 0 Å². The third-order valence-corrected chi connectivity index (χ3v) is 17.2. The normalized spacial score (nSPS) is 29.0. The molecule has 0 aromatic rings. The highest BCUT2D eigenvalue weighted by atomic mass is 16.8. The van der Waals surface area contributed by atoms with Crippen molar-refractivity contribution < 1.29 is 89.4 Å². The number of nitrogens with one attached hydrogen (secondary N) is 1. The first kappa shape index (κ1) is 78.3. The van der Waals surface area contributed by atoms with Gasteiger partial charge < -0.3 is 89.9 Å². The number of carbonyl (C=O) groups is 1. The van der Waals surface area contributed by atoms with Crippen LogP contribution in [-0.4, -0.2) is 193 Å². The molecule has 0 aliphatic carbocycles. The Labute approximate surface area is 517 Å². The Hall–Kier alpha value is -1.99. The Bertz CT molecular complexity index is 1710. The van der Waals surface area contributed by atoms with E-state index in [-0.39, 0.29) is 18.9 Å². The number of ether oxygens (including phenoxy) is 6. The first-order valence-corrected chi connectivity index (χ1v) is 34.2. The zero-order valence-corrected chi connectivity index (χ0v) is 53.0. The van der Waals surface area contributed by atoms with Crippen molar-refractivity contribution in [3.63, 3.8) is 0 Å². The van der Waals surface area contributed by atoms with E-state index in [0.717, 1.165) is 83.5 Å². The highest BCUT2D eigenvalue weighted by Gasteiger charge is 2.53. The second kappa shape index (κ2) is 49.7. The lowest BCUT2D eigenvalue weighted by molar-refractivity contribution is -0.379. The molecule has 0 bridgehead atoms. The van der Waals surface area contributed by atoms with Gasteiger partial charge in [-0.2, -0.15) is 0 Å². The summed E-state index contributed by atoms with van der Waals surface area (Å²) in [4.78, 5) is 13.4. The molecule has 1 amide bonds. The van der Waals surface area contributed by atoms with Gasteiger partial charge in [-0.3, -0.25) is 4.79 Å². The first-order chi connectivity index (χ1) is 41.8. The molecule has 0 aromatic heterocycles. The van der Waals surface area contributed by atoms with Crippen molar-refractivity contribution in [3.8, 4) is 0 Å². The Morgan fingerprint density at radius 2 is 0.767 bits per heavy atom. The van der Waals surface area contributed by atoms with Crippen LogP contribution in [0.25, 0.3) is 0 Å². The molecule has 17 unspecified atom stereocenters. The van der Waals surface area contributed by atoms with E-state index in [0.29, 0.717) is 6.42 Å². The number of carbonyl (C=O) groups excluding carboxylic acids is 1. The maximum atomic E-state index is 13.4. The first-order valence-electron chi connectivity index (χ1n) is 34.2. The molecule has 3 aliphatic rings. The minimum absolute atomic E-state index is 0.235. The van der Waals surface area contributed by atoms with Gasteiger partial charge in [0.2, 0.25) is 5.91 Å².